The van der Waals surface area contributed by atoms with Gasteiger partial charge in [0.1, 0.15) is 11.0 Å². The minimum absolute atomic E-state index is 0.0602. The summed E-state index contributed by atoms with van der Waals surface area (Å²) < 4.78 is 57.6. The van der Waals surface area contributed by atoms with Crippen molar-refractivity contribution in [2.45, 2.75) is 23.5 Å². The van der Waals surface area contributed by atoms with E-state index in [0.29, 0.717) is 17.7 Å². The number of rotatable bonds is 9. The van der Waals surface area contributed by atoms with Gasteiger partial charge in [-0.25, -0.2) is 21.6 Å². The number of hydrogen-bond acceptors (Lipinski definition) is 6. The molecule has 1 N–H and O–H groups in total. The Morgan fingerprint density at radius 3 is 2.35 bits per heavy atom. The minimum Gasteiger partial charge on any atom is -0.497 e. The van der Waals surface area contributed by atoms with Crippen molar-refractivity contribution in [3.63, 3.8) is 0 Å². The molecule has 2 aromatic rings. The van der Waals surface area contributed by atoms with E-state index in [2.05, 4.69) is 9.71 Å². The molecule has 0 aliphatic carbocycles. The molecule has 142 valence electrons. The summed E-state index contributed by atoms with van der Waals surface area (Å²) in [5.41, 5.74) is 0.419. The monoisotopic (exact) mass is 398 g/mol. The van der Waals surface area contributed by atoms with Crippen molar-refractivity contribution in [2.75, 3.05) is 19.4 Å². The first-order valence-corrected chi connectivity index (χ1v) is 11.2. The molecule has 7 nitrogen and oxygen atoms in total. The minimum atomic E-state index is -3.84. The third kappa shape index (κ3) is 5.03. The number of methoxy groups -OCH3 is 1. The maximum Gasteiger partial charge on any atom is 0.211 e. The van der Waals surface area contributed by atoms with Gasteiger partial charge in [0, 0.05) is 18.9 Å². The lowest BCUT2D eigenvalue weighted by molar-refractivity contribution is 0.414. The molecule has 0 spiro atoms. The smallest absolute Gasteiger partial charge is 0.211 e. The zero-order valence-corrected chi connectivity index (χ0v) is 16.3. The molecule has 1 aromatic carbocycles. The highest BCUT2D eigenvalue weighted by molar-refractivity contribution is 7.92. The molecular weight excluding hydrogens is 376 g/mol. The molecule has 0 saturated carbocycles. The summed E-state index contributed by atoms with van der Waals surface area (Å²) in [6.45, 7) is 1.48. The molecule has 0 amide bonds. The lowest BCUT2D eigenvalue weighted by Crippen LogP contribution is -2.33. The van der Waals surface area contributed by atoms with E-state index in [1.54, 1.807) is 31.2 Å². The van der Waals surface area contributed by atoms with Crippen LogP contribution in [-0.2, 0) is 19.9 Å². The Morgan fingerprint density at radius 1 is 1.12 bits per heavy atom. The Morgan fingerprint density at radius 2 is 1.81 bits per heavy atom. The number of benzene rings is 1. The van der Waals surface area contributed by atoms with Crippen molar-refractivity contribution < 1.29 is 21.6 Å². The van der Waals surface area contributed by atoms with Crippen LogP contribution in [0.1, 0.15) is 24.2 Å². The predicted octanol–water partition coefficient (Wildman–Crippen LogP) is 1.93. The number of ether oxygens (including phenoxy) is 1. The summed E-state index contributed by atoms with van der Waals surface area (Å²) in [6.07, 6.45) is 3.40. The third-order valence-electron chi connectivity index (χ3n) is 3.78. The number of aromatic nitrogens is 1. The summed E-state index contributed by atoms with van der Waals surface area (Å²) in [5.74, 6) is 0.473. The van der Waals surface area contributed by atoms with E-state index in [-0.39, 0.29) is 17.2 Å². The second kappa shape index (κ2) is 8.61. The van der Waals surface area contributed by atoms with Crippen molar-refractivity contribution in [1.82, 2.24) is 9.71 Å². The fourth-order valence-corrected chi connectivity index (χ4v) is 5.30. The van der Waals surface area contributed by atoms with Crippen LogP contribution in [-0.4, -0.2) is 41.2 Å². The molecule has 0 aliphatic heterocycles. The fraction of sp³-hybridized carbons (Fsp3) is 0.353. The number of hydrogen-bond donors (Lipinski definition) is 1. The molecule has 0 saturated heterocycles. The number of nitrogens with one attached hydrogen (secondary N) is 1. The predicted molar refractivity (Wildman–Crippen MR) is 99.2 cm³/mol. The Bertz CT molecular complexity index is 911. The zero-order chi connectivity index (χ0) is 19.2. The Balaban J connectivity index is 2.39. The van der Waals surface area contributed by atoms with Gasteiger partial charge in [0.2, 0.25) is 10.0 Å². The van der Waals surface area contributed by atoms with Gasteiger partial charge in [-0.2, -0.15) is 0 Å². The van der Waals surface area contributed by atoms with E-state index in [1.165, 1.54) is 31.6 Å². The van der Waals surface area contributed by atoms with Crippen molar-refractivity contribution in [1.29, 1.82) is 0 Å². The first-order chi connectivity index (χ1) is 12.3. The van der Waals surface area contributed by atoms with E-state index < -0.39 is 25.1 Å². The highest BCUT2D eigenvalue weighted by Gasteiger charge is 2.30. The van der Waals surface area contributed by atoms with Gasteiger partial charge < -0.3 is 4.74 Å². The lowest BCUT2D eigenvalue weighted by atomic mass is 10.2. The van der Waals surface area contributed by atoms with Crippen LogP contribution in [0.25, 0.3) is 0 Å². The standard InChI is InChI=1S/C17H22N2O5S2/c1-3-11-25(20,21)19-13-17(14-5-4-10-18-12-14)26(22,23)16-8-6-15(24-2)7-9-16/h4-10,12,17,19H,3,11,13H2,1-2H3/t17-/m0/s1. The van der Waals surface area contributed by atoms with E-state index in [9.17, 15) is 16.8 Å². The Hall–Kier alpha value is -1.97. The van der Waals surface area contributed by atoms with Crippen LogP contribution in [0.3, 0.4) is 0 Å². The van der Waals surface area contributed by atoms with Crippen LogP contribution in [0.15, 0.2) is 53.7 Å². The summed E-state index contributed by atoms with van der Waals surface area (Å²) in [6, 6.07) is 9.22. The fourth-order valence-electron chi connectivity index (χ4n) is 2.45. The molecule has 1 aromatic heterocycles. The van der Waals surface area contributed by atoms with Crippen LogP contribution in [0.2, 0.25) is 0 Å². The molecule has 0 bridgehead atoms. The van der Waals surface area contributed by atoms with Gasteiger partial charge in [-0.15, -0.1) is 0 Å². The first kappa shape index (κ1) is 20.3. The van der Waals surface area contributed by atoms with E-state index >= 15 is 0 Å². The van der Waals surface area contributed by atoms with Crippen molar-refractivity contribution in [3.05, 3.63) is 54.4 Å². The van der Waals surface area contributed by atoms with Crippen LogP contribution >= 0.6 is 0 Å². The van der Waals surface area contributed by atoms with E-state index in [1.807, 2.05) is 0 Å². The average molecular weight is 399 g/mol. The quantitative estimate of drug-likeness (QED) is 0.692. The summed E-state index contributed by atoms with van der Waals surface area (Å²) in [7, 11) is -5.89. The molecule has 2 rings (SSSR count). The van der Waals surface area contributed by atoms with Crippen molar-refractivity contribution in [3.8, 4) is 5.75 Å². The number of sulfone groups is 1. The lowest BCUT2D eigenvalue weighted by Gasteiger charge is -2.19. The third-order valence-corrected chi connectivity index (χ3v) is 7.45. The van der Waals surface area contributed by atoms with Gasteiger partial charge in [-0.1, -0.05) is 13.0 Å². The first-order valence-electron chi connectivity index (χ1n) is 8.05. The van der Waals surface area contributed by atoms with Gasteiger partial charge >= 0.3 is 0 Å². The number of pyridine rings is 1. The van der Waals surface area contributed by atoms with Gasteiger partial charge in [-0.05, 0) is 42.3 Å². The van der Waals surface area contributed by atoms with Crippen LogP contribution in [0.5, 0.6) is 5.75 Å². The number of nitrogens with zero attached hydrogens (tertiary/aromatic N) is 1. The summed E-state index contributed by atoms with van der Waals surface area (Å²) >= 11 is 0. The average Bonchev–Trinajstić information content (AvgIpc) is 2.62. The van der Waals surface area contributed by atoms with E-state index in [0.717, 1.165) is 0 Å². The molecule has 1 atom stereocenters. The topological polar surface area (TPSA) is 102 Å². The second-order valence-corrected chi connectivity index (χ2v) is 9.72. The van der Waals surface area contributed by atoms with Crippen molar-refractivity contribution in [2.24, 2.45) is 0 Å². The molecule has 0 fully saturated rings. The van der Waals surface area contributed by atoms with Gasteiger partial charge in [0.05, 0.1) is 17.8 Å². The van der Waals surface area contributed by atoms with Gasteiger partial charge in [0.25, 0.3) is 0 Å². The highest BCUT2D eigenvalue weighted by atomic mass is 32.2. The molecule has 0 aliphatic rings. The maximum atomic E-state index is 13.1. The summed E-state index contributed by atoms with van der Waals surface area (Å²) in [4.78, 5) is 4.04. The molecule has 0 unspecified atom stereocenters. The van der Waals surface area contributed by atoms with Gasteiger partial charge in [0.15, 0.2) is 9.84 Å². The summed E-state index contributed by atoms with van der Waals surface area (Å²) in [5, 5.41) is -1.09. The van der Waals surface area contributed by atoms with Crippen LogP contribution in [0, 0.1) is 0 Å². The molecule has 26 heavy (non-hydrogen) atoms. The Kier molecular flexibility index (Phi) is 6.74. The zero-order valence-electron chi connectivity index (χ0n) is 14.6. The molecule has 1 heterocycles. The van der Waals surface area contributed by atoms with Crippen LogP contribution in [0.4, 0.5) is 0 Å². The highest BCUT2D eigenvalue weighted by Crippen LogP contribution is 2.29. The Labute approximate surface area is 154 Å². The maximum absolute atomic E-state index is 13.1. The molecular formula is C17H22N2O5S2. The molecule has 0 radical (unpaired) electrons. The SMILES string of the molecule is CCCS(=O)(=O)NC[C@@H](c1cccnc1)S(=O)(=O)c1ccc(OC)cc1. The van der Waals surface area contributed by atoms with Crippen LogP contribution < -0.4 is 9.46 Å². The second-order valence-electron chi connectivity index (χ2n) is 5.66. The van der Waals surface area contributed by atoms with Crippen molar-refractivity contribution >= 4 is 19.9 Å². The number of sulfonamides is 1. The van der Waals surface area contributed by atoms with Gasteiger partial charge in [-0.3, -0.25) is 4.98 Å². The largest absolute Gasteiger partial charge is 0.497 e. The molecule has 9 heteroatoms. The normalized spacial score (nSPS) is 13.3. The van der Waals surface area contributed by atoms with E-state index in [4.69, 9.17) is 4.74 Å².